The lowest BCUT2D eigenvalue weighted by atomic mass is 10.2. The quantitative estimate of drug-likeness (QED) is 0.815. The zero-order valence-corrected chi connectivity index (χ0v) is 9.92. The van der Waals surface area contributed by atoms with Crippen molar-refractivity contribution >= 4 is 0 Å². The van der Waals surface area contributed by atoms with Crippen LogP contribution < -0.4 is 10.1 Å². The third-order valence-electron chi connectivity index (χ3n) is 2.25. The lowest BCUT2D eigenvalue weighted by Crippen LogP contribution is -2.08. The molecule has 1 N–H and O–H groups in total. The summed E-state index contributed by atoms with van der Waals surface area (Å²) in [5, 5.41) is 14.8. The average Bonchev–Trinajstić information content (AvgIpc) is 2.74. The van der Waals surface area contributed by atoms with Gasteiger partial charge in [-0.15, -0.1) is 10.2 Å². The molecule has 2 rings (SSSR count). The molecular formula is C11H15N5O. The van der Waals surface area contributed by atoms with Gasteiger partial charge in [0.05, 0.1) is 7.05 Å². The van der Waals surface area contributed by atoms with E-state index in [-0.39, 0.29) is 0 Å². The highest BCUT2D eigenvalue weighted by Gasteiger charge is 2.05. The van der Waals surface area contributed by atoms with Crippen LogP contribution in [0, 0.1) is 0 Å². The van der Waals surface area contributed by atoms with Gasteiger partial charge < -0.3 is 10.1 Å². The molecule has 1 aromatic heterocycles. The number of tetrazole rings is 1. The number of nitrogens with one attached hydrogen (secondary N) is 1. The van der Waals surface area contributed by atoms with Gasteiger partial charge in [-0.05, 0) is 18.3 Å². The van der Waals surface area contributed by atoms with Crippen molar-refractivity contribution in [1.29, 1.82) is 0 Å². The molecule has 0 saturated heterocycles. The molecule has 0 aliphatic heterocycles. The van der Waals surface area contributed by atoms with E-state index < -0.39 is 0 Å². The first kappa shape index (κ1) is 11.5. The van der Waals surface area contributed by atoms with Gasteiger partial charge in [-0.2, -0.15) is 4.80 Å². The highest BCUT2D eigenvalue weighted by Crippen LogP contribution is 2.18. The molecular weight excluding hydrogens is 218 g/mol. The Morgan fingerprint density at radius 1 is 1.35 bits per heavy atom. The highest BCUT2D eigenvalue weighted by atomic mass is 16.5. The van der Waals surface area contributed by atoms with E-state index in [1.54, 1.807) is 7.05 Å². The molecule has 0 unspecified atom stereocenters. The number of hydrogen-bond acceptors (Lipinski definition) is 5. The summed E-state index contributed by atoms with van der Waals surface area (Å²) >= 11 is 0. The maximum Gasteiger partial charge on any atom is 0.212 e. The van der Waals surface area contributed by atoms with E-state index in [9.17, 15) is 0 Å². The van der Waals surface area contributed by atoms with Crippen molar-refractivity contribution in [2.45, 2.75) is 13.2 Å². The Bertz CT molecular complexity index is 482. The lowest BCUT2D eigenvalue weighted by Gasteiger charge is -2.09. The summed E-state index contributed by atoms with van der Waals surface area (Å²) in [4.78, 5) is 1.41. The largest absolute Gasteiger partial charge is 0.485 e. The van der Waals surface area contributed by atoms with Crippen LogP contribution in [0.5, 0.6) is 5.75 Å². The standard InChI is InChI=1S/C11H15N5O/c1-12-7-9-5-3-4-6-10(9)17-8-11-13-15-16(2)14-11/h3-6,12H,7-8H2,1-2H3. The molecule has 2 aromatic rings. The SMILES string of the molecule is CNCc1ccccc1OCc1nnn(C)n1. The third kappa shape index (κ3) is 3.01. The van der Waals surface area contributed by atoms with Crippen LogP contribution in [0.4, 0.5) is 0 Å². The molecule has 0 spiro atoms. The Kier molecular flexibility index (Phi) is 3.66. The molecule has 0 amide bonds. The maximum atomic E-state index is 5.67. The van der Waals surface area contributed by atoms with Gasteiger partial charge in [0.15, 0.2) is 6.61 Å². The zero-order valence-electron chi connectivity index (χ0n) is 9.92. The minimum atomic E-state index is 0.328. The van der Waals surface area contributed by atoms with Crippen molar-refractivity contribution in [2.75, 3.05) is 7.05 Å². The van der Waals surface area contributed by atoms with Crippen molar-refractivity contribution < 1.29 is 4.74 Å². The molecule has 6 nitrogen and oxygen atoms in total. The van der Waals surface area contributed by atoms with E-state index in [4.69, 9.17) is 4.74 Å². The summed E-state index contributed by atoms with van der Waals surface area (Å²) in [5.41, 5.74) is 1.11. The van der Waals surface area contributed by atoms with E-state index >= 15 is 0 Å². The Morgan fingerprint density at radius 2 is 2.18 bits per heavy atom. The minimum absolute atomic E-state index is 0.328. The number of hydrogen-bond donors (Lipinski definition) is 1. The van der Waals surface area contributed by atoms with Gasteiger partial charge in [-0.25, -0.2) is 0 Å². The monoisotopic (exact) mass is 233 g/mol. The van der Waals surface area contributed by atoms with Gasteiger partial charge >= 0.3 is 0 Å². The van der Waals surface area contributed by atoms with Crippen LogP contribution in [0.15, 0.2) is 24.3 Å². The number of para-hydroxylation sites is 1. The number of aromatic nitrogens is 4. The predicted octanol–water partition coefficient (Wildman–Crippen LogP) is 0.508. The van der Waals surface area contributed by atoms with Crippen LogP contribution in [0.1, 0.15) is 11.4 Å². The van der Waals surface area contributed by atoms with Crippen LogP contribution in [0.2, 0.25) is 0 Å². The summed E-state index contributed by atoms with van der Waals surface area (Å²) in [6.45, 7) is 1.10. The van der Waals surface area contributed by atoms with Gasteiger partial charge in [-0.1, -0.05) is 18.2 Å². The van der Waals surface area contributed by atoms with Crippen LogP contribution in [-0.2, 0) is 20.2 Å². The first-order chi connectivity index (χ1) is 8.29. The van der Waals surface area contributed by atoms with Gasteiger partial charge in [0.25, 0.3) is 0 Å². The van der Waals surface area contributed by atoms with Crippen LogP contribution in [0.25, 0.3) is 0 Å². The van der Waals surface area contributed by atoms with Gasteiger partial charge in [0.1, 0.15) is 5.75 Å². The van der Waals surface area contributed by atoms with E-state index in [0.717, 1.165) is 17.9 Å². The molecule has 1 heterocycles. The van der Waals surface area contributed by atoms with E-state index in [0.29, 0.717) is 12.4 Å². The molecule has 0 aliphatic carbocycles. The molecule has 1 aromatic carbocycles. The Morgan fingerprint density at radius 3 is 2.88 bits per heavy atom. The summed E-state index contributed by atoms with van der Waals surface area (Å²) < 4.78 is 5.67. The van der Waals surface area contributed by atoms with Crippen molar-refractivity contribution in [3.63, 3.8) is 0 Å². The lowest BCUT2D eigenvalue weighted by molar-refractivity contribution is 0.291. The van der Waals surface area contributed by atoms with Crippen LogP contribution >= 0.6 is 0 Å². The molecule has 0 aliphatic rings. The predicted molar refractivity (Wildman–Crippen MR) is 62.3 cm³/mol. The van der Waals surface area contributed by atoms with Gasteiger partial charge in [0.2, 0.25) is 5.82 Å². The van der Waals surface area contributed by atoms with E-state index in [2.05, 4.69) is 20.7 Å². The minimum Gasteiger partial charge on any atom is -0.485 e. The highest BCUT2D eigenvalue weighted by molar-refractivity contribution is 5.33. The first-order valence-corrected chi connectivity index (χ1v) is 5.38. The van der Waals surface area contributed by atoms with Gasteiger partial charge in [-0.3, -0.25) is 0 Å². The fraction of sp³-hybridized carbons (Fsp3) is 0.364. The molecule has 6 heteroatoms. The molecule has 0 saturated carbocycles. The summed E-state index contributed by atoms with van der Waals surface area (Å²) in [6.07, 6.45) is 0. The number of rotatable bonds is 5. The number of ether oxygens (including phenoxy) is 1. The normalized spacial score (nSPS) is 10.5. The Hall–Kier alpha value is -1.95. The zero-order chi connectivity index (χ0) is 12.1. The van der Waals surface area contributed by atoms with E-state index in [1.165, 1.54) is 4.80 Å². The van der Waals surface area contributed by atoms with Crippen LogP contribution in [0.3, 0.4) is 0 Å². The topological polar surface area (TPSA) is 64.9 Å². The van der Waals surface area contributed by atoms with Crippen molar-refractivity contribution in [1.82, 2.24) is 25.5 Å². The molecule has 0 bridgehead atoms. The maximum absolute atomic E-state index is 5.67. The first-order valence-electron chi connectivity index (χ1n) is 5.38. The second-order valence-electron chi connectivity index (χ2n) is 3.62. The second kappa shape index (κ2) is 5.40. The molecule has 0 radical (unpaired) electrons. The van der Waals surface area contributed by atoms with Crippen molar-refractivity contribution in [3.8, 4) is 5.75 Å². The fourth-order valence-corrected chi connectivity index (χ4v) is 1.50. The molecule has 0 atom stereocenters. The number of aryl methyl sites for hydroxylation is 1. The van der Waals surface area contributed by atoms with Crippen molar-refractivity contribution in [3.05, 3.63) is 35.7 Å². The molecule has 90 valence electrons. The second-order valence-corrected chi connectivity index (χ2v) is 3.62. The van der Waals surface area contributed by atoms with E-state index in [1.807, 2.05) is 31.3 Å². The number of nitrogens with zero attached hydrogens (tertiary/aromatic N) is 4. The summed E-state index contributed by atoms with van der Waals surface area (Å²) in [5.74, 6) is 1.42. The van der Waals surface area contributed by atoms with Gasteiger partial charge in [0, 0.05) is 12.1 Å². The Balaban J connectivity index is 2.03. The number of benzene rings is 1. The molecule has 0 fully saturated rings. The summed E-state index contributed by atoms with van der Waals surface area (Å²) in [6, 6.07) is 7.89. The summed E-state index contributed by atoms with van der Waals surface area (Å²) in [7, 11) is 3.63. The Labute approximate surface area is 99.6 Å². The average molecular weight is 233 g/mol. The smallest absolute Gasteiger partial charge is 0.212 e. The molecule has 17 heavy (non-hydrogen) atoms. The van der Waals surface area contributed by atoms with Crippen molar-refractivity contribution in [2.24, 2.45) is 7.05 Å². The fourth-order valence-electron chi connectivity index (χ4n) is 1.50. The third-order valence-corrected chi connectivity index (χ3v) is 2.25. The van der Waals surface area contributed by atoms with Crippen LogP contribution in [-0.4, -0.2) is 27.3 Å².